The fraction of sp³-hybridized carbons (Fsp3) is 0.286. The van der Waals surface area contributed by atoms with Gasteiger partial charge in [-0.3, -0.25) is 4.79 Å². The number of rotatable bonds is 2. The number of hydrogen-bond donors (Lipinski definition) is 7. The summed E-state index contributed by atoms with van der Waals surface area (Å²) >= 11 is 0. The highest BCUT2D eigenvalue weighted by Crippen LogP contribution is 2.51. The highest BCUT2D eigenvalue weighted by atomic mass is 16.6. The lowest BCUT2D eigenvalue weighted by atomic mass is 9.92. The highest BCUT2D eigenvalue weighted by molar-refractivity contribution is 5.89. The number of hydrogen-bond acceptors (Lipinski definition) is 11. The molecule has 1 fully saturated rings. The van der Waals surface area contributed by atoms with Gasteiger partial charge in [0.2, 0.25) is 0 Å². The number of ether oxygens (including phenoxy) is 2. The molecule has 3 aromatic rings. The SMILES string of the molecule is O=c1cc(-c2cc(O)c(O)c(O)c2)oc2cc3c(c(O)c12)[C@@H]1O[C@H](CO)[C@@H](O)[C@H](O)[C@@H]1O3. The summed E-state index contributed by atoms with van der Waals surface area (Å²) in [4.78, 5) is 12.8. The molecule has 1 saturated heterocycles. The molecule has 0 unspecified atom stereocenters. The van der Waals surface area contributed by atoms with Crippen molar-refractivity contribution in [2.45, 2.75) is 30.5 Å². The molecule has 0 amide bonds. The number of phenols is 4. The van der Waals surface area contributed by atoms with E-state index >= 15 is 0 Å². The maximum atomic E-state index is 12.8. The minimum atomic E-state index is -1.43. The molecule has 5 atom stereocenters. The first-order chi connectivity index (χ1) is 15.2. The monoisotopic (exact) mass is 446 g/mol. The zero-order chi connectivity index (χ0) is 22.9. The Labute approximate surface area is 178 Å². The van der Waals surface area contributed by atoms with E-state index in [1.54, 1.807) is 0 Å². The summed E-state index contributed by atoms with van der Waals surface area (Å²) in [5.74, 6) is -2.51. The summed E-state index contributed by atoms with van der Waals surface area (Å²) in [6.07, 6.45) is -6.11. The van der Waals surface area contributed by atoms with Crippen LogP contribution in [0.15, 0.2) is 33.5 Å². The van der Waals surface area contributed by atoms with Gasteiger partial charge in [0.1, 0.15) is 52.6 Å². The molecule has 0 saturated carbocycles. The molecule has 0 radical (unpaired) electrons. The molecular weight excluding hydrogens is 428 g/mol. The standard InChI is InChI=1S/C21H18O11/c22-5-13-17(27)19(29)21-20(32-13)15-12(31-21)4-11-14(18(15)28)7(23)3-10(30-11)6-1-8(24)16(26)9(25)2-6/h1-4,13,17,19-22,24-29H,5H2/t13-,17-,19+,20+,21+/m1/s1. The molecule has 0 aliphatic carbocycles. The lowest BCUT2D eigenvalue weighted by Gasteiger charge is -2.38. The molecule has 3 heterocycles. The Bertz CT molecular complexity index is 1270. The van der Waals surface area contributed by atoms with E-state index in [1.165, 1.54) is 6.07 Å². The van der Waals surface area contributed by atoms with Gasteiger partial charge < -0.3 is 49.6 Å². The lowest BCUT2D eigenvalue weighted by Crippen LogP contribution is -2.55. The van der Waals surface area contributed by atoms with Crippen molar-refractivity contribution >= 4 is 11.0 Å². The Morgan fingerprint density at radius 3 is 2.25 bits per heavy atom. The van der Waals surface area contributed by atoms with E-state index in [-0.39, 0.29) is 33.6 Å². The van der Waals surface area contributed by atoms with Gasteiger partial charge in [0.15, 0.2) is 28.8 Å². The van der Waals surface area contributed by atoms with Crippen LogP contribution in [0.1, 0.15) is 11.7 Å². The first kappa shape index (κ1) is 20.4. The third-order valence-corrected chi connectivity index (χ3v) is 5.76. The maximum absolute atomic E-state index is 12.8. The number of aromatic hydroxyl groups is 4. The average Bonchev–Trinajstić information content (AvgIpc) is 3.12. The number of aliphatic hydroxyl groups is 3. The van der Waals surface area contributed by atoms with Gasteiger partial charge in [-0.25, -0.2) is 0 Å². The molecule has 2 aliphatic heterocycles. The Morgan fingerprint density at radius 2 is 1.59 bits per heavy atom. The molecule has 2 aromatic carbocycles. The second-order valence-electron chi connectivity index (χ2n) is 7.69. The van der Waals surface area contributed by atoms with Crippen LogP contribution in [0.2, 0.25) is 0 Å². The molecule has 2 aliphatic rings. The Hall–Kier alpha value is -3.51. The van der Waals surface area contributed by atoms with Gasteiger partial charge in [-0.15, -0.1) is 0 Å². The van der Waals surface area contributed by atoms with Gasteiger partial charge in [0.25, 0.3) is 0 Å². The Morgan fingerprint density at radius 1 is 0.906 bits per heavy atom. The van der Waals surface area contributed by atoms with E-state index in [4.69, 9.17) is 13.9 Å². The first-order valence-electron chi connectivity index (χ1n) is 9.59. The zero-order valence-corrected chi connectivity index (χ0v) is 16.2. The van der Waals surface area contributed by atoms with Crippen molar-refractivity contribution in [3.8, 4) is 40.1 Å². The third kappa shape index (κ3) is 2.79. The molecule has 0 bridgehead atoms. The van der Waals surface area contributed by atoms with Crippen molar-refractivity contribution in [1.29, 1.82) is 0 Å². The molecular formula is C21H18O11. The normalized spacial score (nSPS) is 26.5. The quantitative estimate of drug-likeness (QED) is 0.266. The van der Waals surface area contributed by atoms with Crippen molar-refractivity contribution in [1.82, 2.24) is 0 Å². The predicted octanol–water partition coefficient (Wildman–Crippen LogP) is 0.197. The van der Waals surface area contributed by atoms with Crippen LogP contribution < -0.4 is 10.2 Å². The van der Waals surface area contributed by atoms with Crippen LogP contribution in [-0.4, -0.2) is 66.8 Å². The molecule has 7 N–H and O–H groups in total. The van der Waals surface area contributed by atoms with E-state index in [2.05, 4.69) is 0 Å². The number of aliphatic hydroxyl groups excluding tert-OH is 3. The first-order valence-corrected chi connectivity index (χ1v) is 9.59. The molecule has 32 heavy (non-hydrogen) atoms. The summed E-state index contributed by atoms with van der Waals surface area (Å²) in [6, 6.07) is 4.50. The lowest BCUT2D eigenvalue weighted by molar-refractivity contribution is -0.215. The van der Waals surface area contributed by atoms with E-state index in [0.29, 0.717) is 0 Å². The average molecular weight is 446 g/mol. The van der Waals surface area contributed by atoms with Crippen LogP contribution in [0.4, 0.5) is 0 Å². The molecule has 11 nitrogen and oxygen atoms in total. The summed E-state index contributed by atoms with van der Waals surface area (Å²) in [6.45, 7) is -0.580. The maximum Gasteiger partial charge on any atom is 0.200 e. The van der Waals surface area contributed by atoms with E-state index in [1.807, 2.05) is 0 Å². The largest absolute Gasteiger partial charge is 0.506 e. The van der Waals surface area contributed by atoms with Crippen molar-refractivity contribution in [3.05, 3.63) is 40.1 Å². The van der Waals surface area contributed by atoms with Crippen LogP contribution in [-0.2, 0) is 4.74 Å². The van der Waals surface area contributed by atoms with Crippen molar-refractivity contribution in [2.75, 3.05) is 6.61 Å². The highest BCUT2D eigenvalue weighted by Gasteiger charge is 2.52. The number of fused-ring (bicyclic) bond motifs is 4. The zero-order valence-electron chi connectivity index (χ0n) is 16.2. The van der Waals surface area contributed by atoms with Crippen LogP contribution >= 0.6 is 0 Å². The topological polar surface area (TPSA) is 190 Å². The Balaban J connectivity index is 1.66. The predicted molar refractivity (Wildman–Crippen MR) is 106 cm³/mol. The van der Waals surface area contributed by atoms with Crippen molar-refractivity contribution < 1.29 is 49.6 Å². The summed E-state index contributed by atoms with van der Waals surface area (Å²) in [5, 5.41) is 69.5. The number of phenolic OH excluding ortho intramolecular Hbond substituents is 4. The van der Waals surface area contributed by atoms with E-state index < -0.39 is 65.6 Å². The fourth-order valence-corrected chi connectivity index (χ4v) is 4.16. The van der Waals surface area contributed by atoms with E-state index in [0.717, 1.165) is 18.2 Å². The van der Waals surface area contributed by atoms with Crippen molar-refractivity contribution in [2.24, 2.45) is 0 Å². The minimum Gasteiger partial charge on any atom is -0.506 e. The molecule has 11 heteroatoms. The van der Waals surface area contributed by atoms with Crippen LogP contribution in [0.25, 0.3) is 22.3 Å². The number of benzene rings is 2. The summed E-state index contributed by atoms with van der Waals surface area (Å²) in [7, 11) is 0. The minimum absolute atomic E-state index is 0.0477. The second kappa shape index (κ2) is 7.00. The smallest absolute Gasteiger partial charge is 0.200 e. The van der Waals surface area contributed by atoms with Gasteiger partial charge >= 0.3 is 0 Å². The van der Waals surface area contributed by atoms with Crippen LogP contribution in [0.3, 0.4) is 0 Å². The third-order valence-electron chi connectivity index (χ3n) is 5.76. The molecule has 0 spiro atoms. The van der Waals surface area contributed by atoms with Gasteiger partial charge in [-0.05, 0) is 12.1 Å². The fourth-order valence-electron chi connectivity index (χ4n) is 4.16. The van der Waals surface area contributed by atoms with E-state index in [9.17, 15) is 40.5 Å². The van der Waals surface area contributed by atoms with Gasteiger partial charge in [0, 0.05) is 17.7 Å². The molecule has 5 rings (SSSR count). The van der Waals surface area contributed by atoms with Gasteiger partial charge in [0.05, 0.1) is 12.2 Å². The summed E-state index contributed by atoms with van der Waals surface area (Å²) in [5.41, 5.74) is -0.596. The van der Waals surface area contributed by atoms with Crippen LogP contribution in [0, 0.1) is 0 Å². The molecule has 168 valence electrons. The van der Waals surface area contributed by atoms with Gasteiger partial charge in [-0.2, -0.15) is 0 Å². The molecule has 1 aromatic heterocycles. The Kier molecular flexibility index (Phi) is 4.46. The van der Waals surface area contributed by atoms with Crippen LogP contribution in [0.5, 0.6) is 28.7 Å². The second-order valence-corrected chi connectivity index (χ2v) is 7.69. The van der Waals surface area contributed by atoms with Crippen molar-refractivity contribution in [3.63, 3.8) is 0 Å². The van der Waals surface area contributed by atoms with Gasteiger partial charge in [-0.1, -0.05) is 0 Å². The summed E-state index contributed by atoms with van der Waals surface area (Å²) < 4.78 is 17.0.